The van der Waals surface area contributed by atoms with Crippen LogP contribution in [0.15, 0.2) is 69.5 Å². The molecule has 0 aliphatic rings. The van der Waals surface area contributed by atoms with Gasteiger partial charge in [-0.2, -0.15) is 0 Å². The van der Waals surface area contributed by atoms with Crippen molar-refractivity contribution in [1.29, 1.82) is 0 Å². The predicted molar refractivity (Wildman–Crippen MR) is 150 cm³/mol. The lowest BCUT2D eigenvalue weighted by Gasteiger charge is -2.21. The Hall–Kier alpha value is -4.95. The molecule has 0 bridgehead atoms. The molecule has 0 saturated carbocycles. The van der Waals surface area contributed by atoms with Gasteiger partial charge in [-0.05, 0) is 59.5 Å². The van der Waals surface area contributed by atoms with Crippen LogP contribution in [0.2, 0.25) is 0 Å². The van der Waals surface area contributed by atoms with Crippen LogP contribution in [0.4, 0.5) is 5.69 Å². The van der Waals surface area contributed by atoms with Gasteiger partial charge in [0.2, 0.25) is 0 Å². The maximum atomic E-state index is 13.5. The standard InChI is InChI=1S/C26H21N5O7S2/c27-26(28)29-16-3-1-15(2-4-16)25(36)38-17-5-6-18-19(13-40-20(18)10-17)24(35)31(8-7-22(32)33)11-14-9-21(39-12-14)23(34)30-37/h1-6,9-10,12-13H,7-8,11H2,(H,32,33)(H4,27,28,29). The molecule has 2 aromatic carbocycles. The number of fused-ring (bicyclic) bond motifs is 1. The molecular weight excluding hydrogens is 558 g/mol. The molecule has 0 atom stereocenters. The SMILES string of the molecule is NC(N)=Nc1ccc(C(=O)Oc2ccc3c(C(=O)N(CCC(=O)O)Cc4csc(C(=O)N=O)c4)csc3c2)cc1. The molecule has 0 saturated heterocycles. The van der Waals surface area contributed by atoms with E-state index in [2.05, 4.69) is 10.2 Å². The number of aliphatic imine (C=N–C) groups is 1. The molecule has 0 aliphatic carbocycles. The number of ether oxygens (including phenoxy) is 1. The van der Waals surface area contributed by atoms with E-state index in [9.17, 15) is 29.2 Å². The smallest absolute Gasteiger partial charge is 0.343 e. The number of rotatable bonds is 10. The van der Waals surface area contributed by atoms with Crippen molar-refractivity contribution in [3.05, 3.63) is 85.8 Å². The highest BCUT2D eigenvalue weighted by atomic mass is 32.1. The number of carboxylic acid groups (broad SMARTS) is 1. The molecule has 204 valence electrons. The zero-order chi connectivity index (χ0) is 28.8. The normalized spacial score (nSPS) is 10.6. The Kier molecular flexibility index (Phi) is 8.61. The largest absolute Gasteiger partial charge is 0.481 e. The van der Waals surface area contributed by atoms with Crippen molar-refractivity contribution >= 4 is 68.2 Å². The van der Waals surface area contributed by atoms with Gasteiger partial charge >= 0.3 is 17.8 Å². The Morgan fingerprint density at radius 2 is 1.73 bits per heavy atom. The second kappa shape index (κ2) is 12.3. The van der Waals surface area contributed by atoms with Crippen molar-refractivity contribution in [3.63, 3.8) is 0 Å². The van der Waals surface area contributed by atoms with Crippen molar-refractivity contribution in [3.8, 4) is 5.75 Å². The van der Waals surface area contributed by atoms with Gasteiger partial charge in [0.1, 0.15) is 5.75 Å². The lowest BCUT2D eigenvalue weighted by Crippen LogP contribution is -2.32. The number of hydrogen-bond acceptors (Lipinski definition) is 9. The summed E-state index contributed by atoms with van der Waals surface area (Å²) in [6.45, 7) is -0.0437. The van der Waals surface area contributed by atoms with Crippen LogP contribution in [-0.4, -0.2) is 46.3 Å². The summed E-state index contributed by atoms with van der Waals surface area (Å²) in [5.41, 5.74) is 12.4. The molecule has 4 rings (SSSR count). The molecule has 5 N–H and O–H groups in total. The number of hydrogen-bond donors (Lipinski definition) is 3. The first-order chi connectivity index (χ1) is 19.1. The van der Waals surface area contributed by atoms with Gasteiger partial charge in [0, 0.05) is 33.7 Å². The van der Waals surface area contributed by atoms with E-state index < -0.39 is 23.8 Å². The molecule has 40 heavy (non-hydrogen) atoms. The Morgan fingerprint density at radius 3 is 2.40 bits per heavy atom. The minimum Gasteiger partial charge on any atom is -0.481 e. The average molecular weight is 580 g/mol. The Bertz CT molecular complexity index is 1640. The van der Waals surface area contributed by atoms with Crippen molar-refractivity contribution in [1.82, 2.24) is 4.90 Å². The number of amides is 2. The summed E-state index contributed by atoms with van der Waals surface area (Å²) in [5.74, 6) is -2.83. The zero-order valence-corrected chi connectivity index (χ0v) is 22.2. The zero-order valence-electron chi connectivity index (χ0n) is 20.6. The van der Waals surface area contributed by atoms with Crippen LogP contribution in [0.1, 0.15) is 42.4 Å². The number of carbonyl (C=O) groups is 4. The molecule has 0 aliphatic heterocycles. The molecule has 0 radical (unpaired) electrons. The lowest BCUT2D eigenvalue weighted by molar-refractivity contribution is -0.137. The van der Waals surface area contributed by atoms with Crippen LogP contribution < -0.4 is 16.2 Å². The first-order valence-electron chi connectivity index (χ1n) is 11.5. The highest BCUT2D eigenvalue weighted by Gasteiger charge is 2.22. The van der Waals surface area contributed by atoms with Gasteiger partial charge in [0.25, 0.3) is 5.91 Å². The van der Waals surface area contributed by atoms with E-state index in [0.29, 0.717) is 26.9 Å². The van der Waals surface area contributed by atoms with Crippen LogP contribution in [0, 0.1) is 4.91 Å². The second-order valence-electron chi connectivity index (χ2n) is 8.37. The Morgan fingerprint density at radius 1 is 0.975 bits per heavy atom. The highest BCUT2D eigenvalue weighted by Crippen LogP contribution is 2.31. The summed E-state index contributed by atoms with van der Waals surface area (Å²) in [7, 11) is 0. The topological polar surface area (TPSA) is 195 Å². The van der Waals surface area contributed by atoms with Crippen LogP contribution in [0.5, 0.6) is 5.75 Å². The van der Waals surface area contributed by atoms with E-state index >= 15 is 0 Å². The predicted octanol–water partition coefficient (Wildman–Crippen LogP) is 4.11. The van der Waals surface area contributed by atoms with Gasteiger partial charge in [-0.15, -0.1) is 27.6 Å². The number of carboxylic acids is 1. The average Bonchev–Trinajstić information content (AvgIpc) is 3.57. The maximum Gasteiger partial charge on any atom is 0.343 e. The quantitative estimate of drug-likeness (QED) is 0.0814. The molecule has 0 spiro atoms. The van der Waals surface area contributed by atoms with Gasteiger partial charge in [-0.25, -0.2) is 9.79 Å². The molecule has 0 unspecified atom stereocenters. The molecule has 12 nitrogen and oxygen atoms in total. The monoisotopic (exact) mass is 579 g/mol. The molecule has 4 aromatic rings. The first kappa shape index (κ1) is 28.1. The van der Waals surface area contributed by atoms with Crippen LogP contribution in [0.3, 0.4) is 0 Å². The molecular formula is C26H21N5O7S2. The number of aliphatic carboxylic acids is 1. The van der Waals surface area contributed by atoms with Gasteiger partial charge in [0.05, 0.1) is 28.1 Å². The van der Waals surface area contributed by atoms with Gasteiger partial charge < -0.3 is 26.2 Å². The summed E-state index contributed by atoms with van der Waals surface area (Å²) in [6, 6.07) is 12.5. The van der Waals surface area contributed by atoms with Crippen LogP contribution in [-0.2, 0) is 11.3 Å². The van der Waals surface area contributed by atoms with Crippen molar-refractivity contribution in [2.75, 3.05) is 6.54 Å². The Labute approximate surface area is 234 Å². The van der Waals surface area contributed by atoms with Gasteiger partial charge in [-0.1, -0.05) is 0 Å². The number of esters is 1. The maximum absolute atomic E-state index is 13.5. The van der Waals surface area contributed by atoms with E-state index in [1.807, 2.05) is 0 Å². The van der Waals surface area contributed by atoms with Gasteiger partial charge in [0.15, 0.2) is 5.96 Å². The van der Waals surface area contributed by atoms with Crippen LogP contribution >= 0.6 is 22.7 Å². The number of carbonyl (C=O) groups excluding carboxylic acids is 3. The fourth-order valence-corrected chi connectivity index (χ4v) is 5.45. The number of nitrogens with two attached hydrogens (primary N) is 2. The first-order valence-corrected chi connectivity index (χ1v) is 13.3. The van der Waals surface area contributed by atoms with Gasteiger partial charge in [-0.3, -0.25) is 14.4 Å². The fraction of sp³-hybridized carbons (Fsp3) is 0.115. The second-order valence-corrected chi connectivity index (χ2v) is 10.2. The van der Waals surface area contributed by atoms with E-state index in [1.54, 1.807) is 41.1 Å². The van der Waals surface area contributed by atoms with E-state index in [-0.39, 0.29) is 41.7 Å². The number of benzene rings is 2. The van der Waals surface area contributed by atoms with E-state index in [0.717, 1.165) is 11.3 Å². The third-order valence-corrected chi connectivity index (χ3v) is 7.47. The molecule has 14 heteroatoms. The fourth-order valence-electron chi connectivity index (χ4n) is 3.71. The summed E-state index contributed by atoms with van der Waals surface area (Å²) >= 11 is 2.28. The highest BCUT2D eigenvalue weighted by molar-refractivity contribution is 7.17. The Balaban J connectivity index is 1.52. The third-order valence-electron chi connectivity index (χ3n) is 5.55. The summed E-state index contributed by atoms with van der Waals surface area (Å²) in [5, 5.41) is 15.4. The number of guanidine groups is 1. The van der Waals surface area contributed by atoms with Crippen molar-refractivity contribution in [2.24, 2.45) is 21.6 Å². The molecule has 2 aromatic heterocycles. The third kappa shape index (κ3) is 6.73. The number of nitroso groups, excluding NO2 is 1. The van der Waals surface area contributed by atoms with Crippen LogP contribution in [0.25, 0.3) is 10.1 Å². The minimum atomic E-state index is -1.07. The van der Waals surface area contributed by atoms with Crippen molar-refractivity contribution in [2.45, 2.75) is 13.0 Å². The molecule has 2 heterocycles. The van der Waals surface area contributed by atoms with E-state index in [1.165, 1.54) is 34.4 Å². The summed E-state index contributed by atoms with van der Waals surface area (Å²) in [4.78, 5) is 64.8. The van der Waals surface area contributed by atoms with E-state index in [4.69, 9.17) is 16.2 Å². The number of nitrogens with zero attached hydrogens (tertiary/aromatic N) is 3. The summed E-state index contributed by atoms with van der Waals surface area (Å²) in [6.07, 6.45) is -0.285. The minimum absolute atomic E-state index is 0.0315. The van der Waals surface area contributed by atoms with Crippen molar-refractivity contribution < 1.29 is 29.0 Å². The lowest BCUT2D eigenvalue weighted by atomic mass is 10.1. The molecule has 2 amide bonds. The number of thiophene rings is 2. The summed E-state index contributed by atoms with van der Waals surface area (Å²) < 4.78 is 6.16. The molecule has 0 fully saturated rings.